The van der Waals surface area contributed by atoms with E-state index >= 15 is 0 Å². The van der Waals surface area contributed by atoms with E-state index in [-0.39, 0.29) is 0 Å². The maximum absolute atomic E-state index is 7.11. The fourth-order valence-corrected chi connectivity index (χ4v) is 0.441. The van der Waals surface area contributed by atoms with Gasteiger partial charge in [-0.15, -0.1) is 10.2 Å². The molecule has 0 saturated heterocycles. The number of nitrogens with one attached hydrogen (secondary N) is 1. The van der Waals surface area contributed by atoms with Gasteiger partial charge in [-0.25, -0.2) is 0 Å². The summed E-state index contributed by atoms with van der Waals surface area (Å²) >= 11 is 0. The van der Waals surface area contributed by atoms with Crippen molar-refractivity contribution in [1.82, 2.24) is 15.4 Å². The molecule has 0 aliphatic heterocycles. The van der Waals surface area contributed by atoms with E-state index in [2.05, 4.69) is 15.4 Å². The van der Waals surface area contributed by atoms with Crippen molar-refractivity contribution in [1.29, 1.82) is 5.41 Å². The molecule has 1 aromatic heterocycles. The Morgan fingerprint density at radius 1 is 1.67 bits per heavy atom. The van der Waals surface area contributed by atoms with Crippen molar-refractivity contribution in [3.8, 4) is 0 Å². The summed E-state index contributed by atoms with van der Waals surface area (Å²) in [6.45, 7) is 1.66. The summed E-state index contributed by atoms with van der Waals surface area (Å²) < 4.78 is 0. The van der Waals surface area contributed by atoms with Gasteiger partial charge in [0.2, 0.25) is 0 Å². The molecule has 0 aliphatic rings. The third kappa shape index (κ3) is 1.28. The van der Waals surface area contributed by atoms with Gasteiger partial charge < -0.3 is 5.41 Å². The van der Waals surface area contributed by atoms with Gasteiger partial charge in [-0.2, -0.15) is 0 Å². The van der Waals surface area contributed by atoms with E-state index in [0.29, 0.717) is 11.4 Å². The van der Waals surface area contributed by atoms with Crippen molar-refractivity contribution < 1.29 is 0 Å². The first-order valence-electron chi connectivity index (χ1n) is 2.50. The summed E-state index contributed by atoms with van der Waals surface area (Å²) in [6.07, 6.45) is 1.51. The molecule has 1 heterocycles. The number of nitrogens with zero attached hydrogens (tertiary/aromatic N) is 3. The molecule has 4 nitrogen and oxygen atoms in total. The first-order valence-corrected chi connectivity index (χ1v) is 2.50. The summed E-state index contributed by atoms with van der Waals surface area (Å²) in [4.78, 5) is 0. The molecule has 0 atom stereocenters. The number of hydrogen-bond acceptors (Lipinski definition) is 4. The number of hydrogen-bond donors (Lipinski definition) is 1. The molecule has 1 aromatic rings. The van der Waals surface area contributed by atoms with Crippen LogP contribution >= 0.6 is 0 Å². The molecule has 0 fully saturated rings. The van der Waals surface area contributed by atoms with Crippen LogP contribution < -0.4 is 0 Å². The van der Waals surface area contributed by atoms with E-state index in [0.717, 1.165) is 0 Å². The minimum atomic E-state index is 0.407. The molecule has 4 heteroatoms. The molecular weight excluding hydrogens is 116 g/mol. The molecule has 0 saturated carbocycles. The Kier molecular flexibility index (Phi) is 1.48. The number of aromatic nitrogens is 3. The van der Waals surface area contributed by atoms with Crippen molar-refractivity contribution in [3.63, 3.8) is 0 Å². The zero-order chi connectivity index (χ0) is 6.69. The predicted molar refractivity (Wildman–Crippen MR) is 32.3 cm³/mol. The molecule has 0 amide bonds. The Hall–Kier alpha value is -1.32. The second-order valence-corrected chi connectivity index (χ2v) is 1.63. The van der Waals surface area contributed by atoms with Crippen LogP contribution in [0.2, 0.25) is 0 Å². The van der Waals surface area contributed by atoms with E-state index < -0.39 is 0 Å². The van der Waals surface area contributed by atoms with Crippen LogP contribution in [0.3, 0.4) is 0 Å². The molecule has 0 radical (unpaired) electrons. The van der Waals surface area contributed by atoms with Crippen molar-refractivity contribution >= 4 is 5.71 Å². The highest BCUT2D eigenvalue weighted by Crippen LogP contribution is 1.88. The van der Waals surface area contributed by atoms with Gasteiger partial charge >= 0.3 is 0 Å². The van der Waals surface area contributed by atoms with Crippen LogP contribution in [0.25, 0.3) is 0 Å². The van der Waals surface area contributed by atoms with E-state index in [9.17, 15) is 0 Å². The highest BCUT2D eigenvalue weighted by atomic mass is 15.3. The monoisotopic (exact) mass is 122 g/mol. The summed E-state index contributed by atoms with van der Waals surface area (Å²) in [7, 11) is 0. The highest BCUT2D eigenvalue weighted by molar-refractivity contribution is 5.93. The van der Waals surface area contributed by atoms with Gasteiger partial charge in [0.15, 0.2) is 0 Å². The van der Waals surface area contributed by atoms with Crippen molar-refractivity contribution in [2.45, 2.75) is 6.92 Å². The first-order chi connectivity index (χ1) is 4.30. The average Bonchev–Trinajstić information content (AvgIpc) is 1.90. The van der Waals surface area contributed by atoms with Crippen LogP contribution in [-0.4, -0.2) is 21.1 Å². The maximum atomic E-state index is 7.11. The first kappa shape index (κ1) is 5.81. The van der Waals surface area contributed by atoms with Crippen molar-refractivity contribution in [2.24, 2.45) is 0 Å². The van der Waals surface area contributed by atoms with E-state index in [1.807, 2.05) is 0 Å². The quantitative estimate of drug-likeness (QED) is 0.543. The summed E-state index contributed by atoms with van der Waals surface area (Å²) in [5.74, 6) is 0. The van der Waals surface area contributed by atoms with Gasteiger partial charge in [0.1, 0.15) is 5.69 Å². The Morgan fingerprint density at radius 2 is 2.44 bits per heavy atom. The number of rotatable bonds is 1. The fourth-order valence-electron chi connectivity index (χ4n) is 0.441. The zero-order valence-electron chi connectivity index (χ0n) is 5.00. The average molecular weight is 122 g/mol. The summed E-state index contributed by atoms with van der Waals surface area (Å²) in [6, 6.07) is 1.65. The van der Waals surface area contributed by atoms with Gasteiger partial charge in [-0.05, 0) is 18.2 Å². The molecule has 1 N–H and O–H groups in total. The lowest BCUT2D eigenvalue weighted by molar-refractivity contribution is 0.856. The third-order valence-corrected chi connectivity index (χ3v) is 0.887. The Morgan fingerprint density at radius 3 is 2.78 bits per heavy atom. The molecule has 1 rings (SSSR count). The van der Waals surface area contributed by atoms with Crippen LogP contribution in [0.5, 0.6) is 0 Å². The van der Waals surface area contributed by atoms with Gasteiger partial charge in [0.05, 0.1) is 11.9 Å². The zero-order valence-corrected chi connectivity index (χ0v) is 5.00. The van der Waals surface area contributed by atoms with Crippen LogP contribution in [0.1, 0.15) is 12.6 Å². The van der Waals surface area contributed by atoms with Gasteiger partial charge in [0, 0.05) is 0 Å². The molecule has 0 bridgehead atoms. The van der Waals surface area contributed by atoms with Crippen molar-refractivity contribution in [2.75, 3.05) is 0 Å². The van der Waals surface area contributed by atoms with Crippen LogP contribution in [0, 0.1) is 5.41 Å². The fraction of sp³-hybridized carbons (Fsp3) is 0.200. The predicted octanol–water partition coefficient (Wildman–Crippen LogP) is 0.259. The Balaban J connectivity index is 2.98. The minimum Gasteiger partial charge on any atom is -0.303 e. The van der Waals surface area contributed by atoms with Gasteiger partial charge in [0.25, 0.3) is 0 Å². The summed E-state index contributed by atoms with van der Waals surface area (Å²) in [5, 5.41) is 17.5. The summed E-state index contributed by atoms with van der Waals surface area (Å²) in [5.41, 5.74) is 0.981. The smallest absolute Gasteiger partial charge is 0.109 e. The van der Waals surface area contributed by atoms with E-state index in [4.69, 9.17) is 5.41 Å². The topological polar surface area (TPSA) is 62.5 Å². The van der Waals surface area contributed by atoms with E-state index in [1.54, 1.807) is 13.0 Å². The molecule has 0 aliphatic carbocycles. The van der Waals surface area contributed by atoms with Gasteiger partial charge in [-0.1, -0.05) is 0 Å². The van der Waals surface area contributed by atoms with Crippen molar-refractivity contribution in [3.05, 3.63) is 18.0 Å². The lowest BCUT2D eigenvalue weighted by Crippen LogP contribution is -1.98. The Bertz CT molecular complexity index is 205. The lowest BCUT2D eigenvalue weighted by Gasteiger charge is -1.89. The molecule has 46 valence electrons. The van der Waals surface area contributed by atoms with Crippen LogP contribution in [0.15, 0.2) is 12.3 Å². The molecule has 0 aromatic carbocycles. The third-order valence-electron chi connectivity index (χ3n) is 0.887. The SMILES string of the molecule is CC(=N)c1ccnnn1. The molecule has 9 heavy (non-hydrogen) atoms. The van der Waals surface area contributed by atoms with E-state index in [1.165, 1.54) is 6.20 Å². The molecule has 0 unspecified atom stereocenters. The maximum Gasteiger partial charge on any atom is 0.109 e. The van der Waals surface area contributed by atoms with Gasteiger partial charge in [-0.3, -0.25) is 0 Å². The second kappa shape index (κ2) is 2.30. The lowest BCUT2D eigenvalue weighted by atomic mass is 10.3. The van der Waals surface area contributed by atoms with Crippen LogP contribution in [-0.2, 0) is 0 Å². The largest absolute Gasteiger partial charge is 0.303 e. The standard InChI is InChI=1S/C5H6N4/c1-4(6)5-2-3-7-9-8-5/h2-3,6H,1H3. The van der Waals surface area contributed by atoms with Crippen LogP contribution in [0.4, 0.5) is 0 Å². The normalized spacial score (nSPS) is 9.00. The minimum absolute atomic E-state index is 0.407. The highest BCUT2D eigenvalue weighted by Gasteiger charge is 1.92. The Labute approximate surface area is 52.4 Å². The molecule has 0 spiro atoms. The molecular formula is C5H6N4. The second-order valence-electron chi connectivity index (χ2n) is 1.63.